The highest BCUT2D eigenvalue weighted by Gasteiger charge is 2.22. The fourth-order valence-corrected chi connectivity index (χ4v) is 3.02. The van der Waals surface area contributed by atoms with E-state index in [9.17, 15) is 18.8 Å². The van der Waals surface area contributed by atoms with Crippen LogP contribution in [0.25, 0.3) is 0 Å². The Hall–Kier alpha value is -4.20. The van der Waals surface area contributed by atoms with Crippen molar-refractivity contribution in [1.29, 1.82) is 0 Å². The molecule has 3 N–H and O–H groups in total. The molecule has 0 bridgehead atoms. The van der Waals surface area contributed by atoms with Crippen molar-refractivity contribution in [2.24, 2.45) is 0 Å². The van der Waals surface area contributed by atoms with Gasteiger partial charge in [0, 0.05) is 6.42 Å². The van der Waals surface area contributed by atoms with Gasteiger partial charge in [0.15, 0.2) is 0 Å². The first-order chi connectivity index (χ1) is 16.0. The molecule has 7 nitrogen and oxygen atoms in total. The molecule has 0 aromatic heterocycles. The van der Waals surface area contributed by atoms with E-state index in [1.807, 2.05) is 60.7 Å². The Morgan fingerprint density at radius 2 is 1.36 bits per heavy atom. The minimum Gasteiger partial charge on any atom is -0.445 e. The van der Waals surface area contributed by atoms with Crippen LogP contribution in [-0.2, 0) is 33.8 Å². The van der Waals surface area contributed by atoms with Crippen molar-refractivity contribution in [3.63, 3.8) is 0 Å². The Balaban J connectivity index is 1.56. The number of hydrogen-bond donors (Lipinski definition) is 3. The third kappa shape index (κ3) is 8.10. The number of carbonyl (C=O) groups excluding carboxylic acids is 3. The number of halogens is 1. The summed E-state index contributed by atoms with van der Waals surface area (Å²) in [7, 11) is 0. The van der Waals surface area contributed by atoms with Gasteiger partial charge >= 0.3 is 6.09 Å². The predicted molar refractivity (Wildman–Crippen MR) is 120 cm³/mol. The zero-order valence-corrected chi connectivity index (χ0v) is 17.8. The number of ether oxygens (including phenoxy) is 1. The van der Waals surface area contributed by atoms with Crippen LogP contribution in [0.1, 0.15) is 16.7 Å². The maximum atomic E-state index is 13.0. The van der Waals surface area contributed by atoms with E-state index in [-0.39, 0.29) is 19.4 Å². The first-order valence-electron chi connectivity index (χ1n) is 10.3. The average Bonchev–Trinajstić information content (AvgIpc) is 2.83. The largest absolute Gasteiger partial charge is 0.445 e. The molecule has 0 spiro atoms. The van der Waals surface area contributed by atoms with E-state index >= 15 is 0 Å². The highest BCUT2D eigenvalue weighted by Crippen LogP contribution is 2.06. The molecule has 0 aliphatic carbocycles. The van der Waals surface area contributed by atoms with Gasteiger partial charge in [0.05, 0.1) is 6.42 Å². The maximum absolute atomic E-state index is 13.0. The number of hydrazine groups is 1. The molecule has 3 aromatic rings. The molecule has 0 heterocycles. The second kappa shape index (κ2) is 12.0. The summed E-state index contributed by atoms with van der Waals surface area (Å²) >= 11 is 0. The highest BCUT2D eigenvalue weighted by molar-refractivity contribution is 5.88. The highest BCUT2D eigenvalue weighted by atomic mass is 19.1. The summed E-state index contributed by atoms with van der Waals surface area (Å²) in [5, 5.41) is 2.55. The topological polar surface area (TPSA) is 96.5 Å². The van der Waals surface area contributed by atoms with Crippen molar-refractivity contribution in [3.8, 4) is 0 Å². The van der Waals surface area contributed by atoms with Crippen molar-refractivity contribution < 1.29 is 23.5 Å². The fraction of sp³-hybridized carbons (Fsp3) is 0.160. The normalized spacial score (nSPS) is 11.2. The molecule has 3 amide bonds. The van der Waals surface area contributed by atoms with Gasteiger partial charge in [-0.3, -0.25) is 20.4 Å². The molecule has 1 atom stereocenters. The van der Waals surface area contributed by atoms with Crippen LogP contribution in [0.2, 0.25) is 0 Å². The van der Waals surface area contributed by atoms with E-state index in [2.05, 4.69) is 16.2 Å². The molecule has 0 saturated carbocycles. The summed E-state index contributed by atoms with van der Waals surface area (Å²) in [6.07, 6.45) is -0.607. The molecule has 0 aliphatic rings. The lowest BCUT2D eigenvalue weighted by atomic mass is 10.1. The van der Waals surface area contributed by atoms with Crippen molar-refractivity contribution in [2.45, 2.75) is 25.5 Å². The summed E-state index contributed by atoms with van der Waals surface area (Å²) in [6.45, 7) is 0.0563. The van der Waals surface area contributed by atoms with Crippen LogP contribution in [0.3, 0.4) is 0 Å². The van der Waals surface area contributed by atoms with Crippen LogP contribution in [0.5, 0.6) is 0 Å². The minimum atomic E-state index is -0.984. The minimum absolute atomic E-state index is 0.0452. The lowest BCUT2D eigenvalue weighted by Crippen LogP contribution is -2.53. The number of carbonyl (C=O) groups is 3. The zero-order chi connectivity index (χ0) is 23.5. The predicted octanol–water partition coefficient (Wildman–Crippen LogP) is 3.05. The van der Waals surface area contributed by atoms with Crippen LogP contribution >= 0.6 is 0 Å². The third-order valence-corrected chi connectivity index (χ3v) is 4.71. The Morgan fingerprint density at radius 1 is 0.758 bits per heavy atom. The second-order valence-electron chi connectivity index (χ2n) is 7.29. The molecule has 33 heavy (non-hydrogen) atoms. The van der Waals surface area contributed by atoms with Crippen molar-refractivity contribution in [2.75, 3.05) is 0 Å². The molecular formula is C25H24FN3O4. The number of benzene rings is 3. The quantitative estimate of drug-likeness (QED) is 0.461. The summed E-state index contributed by atoms with van der Waals surface area (Å²) in [6, 6.07) is 22.8. The SMILES string of the molecule is O=C(Cc1ccc(F)cc1)NNC(=O)C(Cc1ccccc1)NC(=O)OCc1ccccc1. The molecule has 3 rings (SSSR count). The van der Waals surface area contributed by atoms with Crippen LogP contribution in [0.15, 0.2) is 84.9 Å². The number of amides is 3. The van der Waals surface area contributed by atoms with E-state index in [1.165, 1.54) is 24.3 Å². The fourth-order valence-electron chi connectivity index (χ4n) is 3.02. The Labute approximate surface area is 190 Å². The lowest BCUT2D eigenvalue weighted by molar-refractivity contribution is -0.129. The van der Waals surface area contributed by atoms with Gasteiger partial charge in [-0.15, -0.1) is 0 Å². The Bertz CT molecular complexity index is 1060. The second-order valence-corrected chi connectivity index (χ2v) is 7.29. The first kappa shape index (κ1) is 23.5. The molecule has 0 aliphatic heterocycles. The van der Waals surface area contributed by atoms with E-state index in [0.29, 0.717) is 5.56 Å². The van der Waals surface area contributed by atoms with Gasteiger partial charge in [0.25, 0.3) is 5.91 Å². The van der Waals surface area contributed by atoms with Crippen LogP contribution in [0.4, 0.5) is 9.18 Å². The summed E-state index contributed by atoms with van der Waals surface area (Å²) in [5.41, 5.74) is 6.87. The number of alkyl carbamates (subject to hydrolysis) is 1. The zero-order valence-electron chi connectivity index (χ0n) is 17.8. The van der Waals surface area contributed by atoms with Gasteiger partial charge in [0.1, 0.15) is 18.5 Å². The molecule has 170 valence electrons. The molecule has 0 fully saturated rings. The van der Waals surface area contributed by atoms with Gasteiger partial charge in [-0.2, -0.15) is 0 Å². The van der Waals surface area contributed by atoms with Gasteiger partial charge in [0.2, 0.25) is 5.91 Å². The third-order valence-electron chi connectivity index (χ3n) is 4.71. The molecular weight excluding hydrogens is 425 g/mol. The van der Waals surface area contributed by atoms with Gasteiger partial charge in [-0.25, -0.2) is 9.18 Å². The molecule has 0 saturated heterocycles. The van der Waals surface area contributed by atoms with Gasteiger partial charge in [-0.05, 0) is 28.8 Å². The van der Waals surface area contributed by atoms with Crippen LogP contribution in [-0.4, -0.2) is 23.9 Å². The van der Waals surface area contributed by atoms with E-state index < -0.39 is 29.8 Å². The summed E-state index contributed by atoms with van der Waals surface area (Å²) < 4.78 is 18.2. The monoisotopic (exact) mass is 449 g/mol. The number of nitrogens with one attached hydrogen (secondary N) is 3. The number of hydrogen-bond acceptors (Lipinski definition) is 4. The number of rotatable bonds is 8. The van der Waals surface area contributed by atoms with Crippen molar-refractivity contribution >= 4 is 17.9 Å². The maximum Gasteiger partial charge on any atom is 0.408 e. The van der Waals surface area contributed by atoms with Gasteiger partial charge in [-0.1, -0.05) is 72.8 Å². The summed E-state index contributed by atoms with van der Waals surface area (Å²) in [4.78, 5) is 37.1. The van der Waals surface area contributed by atoms with Crippen molar-refractivity contribution in [1.82, 2.24) is 16.2 Å². The molecule has 0 radical (unpaired) electrons. The van der Waals surface area contributed by atoms with E-state index in [0.717, 1.165) is 11.1 Å². The van der Waals surface area contributed by atoms with E-state index in [1.54, 1.807) is 0 Å². The molecule has 8 heteroatoms. The van der Waals surface area contributed by atoms with Crippen molar-refractivity contribution in [3.05, 3.63) is 107 Å². The molecule has 3 aromatic carbocycles. The Morgan fingerprint density at radius 3 is 2.00 bits per heavy atom. The lowest BCUT2D eigenvalue weighted by Gasteiger charge is -2.19. The van der Waals surface area contributed by atoms with E-state index in [4.69, 9.17) is 4.74 Å². The smallest absolute Gasteiger partial charge is 0.408 e. The average molecular weight is 449 g/mol. The Kier molecular flexibility index (Phi) is 8.53. The summed E-state index contributed by atoms with van der Waals surface area (Å²) in [5.74, 6) is -1.50. The van der Waals surface area contributed by atoms with Crippen LogP contribution < -0.4 is 16.2 Å². The standard InChI is InChI=1S/C25H24FN3O4/c26-21-13-11-19(12-14-21)16-23(30)28-29-24(31)22(15-18-7-3-1-4-8-18)27-25(32)33-17-20-9-5-2-6-10-20/h1-14,22H,15-17H2,(H,27,32)(H,28,30)(H,29,31). The first-order valence-corrected chi connectivity index (χ1v) is 10.3. The van der Waals surface area contributed by atoms with Gasteiger partial charge < -0.3 is 10.1 Å². The van der Waals surface area contributed by atoms with Crippen LogP contribution in [0, 0.1) is 5.82 Å². The molecule has 1 unspecified atom stereocenters.